The van der Waals surface area contributed by atoms with Gasteiger partial charge in [-0.05, 0) is 0 Å². The second-order valence-corrected chi connectivity index (χ2v) is 4.02. The molecule has 2 aromatic rings. The van der Waals surface area contributed by atoms with Gasteiger partial charge in [0.2, 0.25) is 0 Å². The molecule has 0 aliphatic rings. The van der Waals surface area contributed by atoms with Gasteiger partial charge >= 0.3 is 0 Å². The van der Waals surface area contributed by atoms with Gasteiger partial charge < -0.3 is 14.6 Å². The van der Waals surface area contributed by atoms with Crippen molar-refractivity contribution < 1.29 is 4.74 Å². The summed E-state index contributed by atoms with van der Waals surface area (Å²) >= 11 is 0. The number of aryl methyl sites for hydroxylation is 1. The predicted molar refractivity (Wildman–Crippen MR) is 65.9 cm³/mol. The molecule has 98 valence electrons. The van der Waals surface area contributed by atoms with Crippen LogP contribution in [-0.2, 0) is 24.9 Å². The lowest BCUT2D eigenvalue weighted by Gasteiger charge is -2.07. The summed E-state index contributed by atoms with van der Waals surface area (Å²) in [4.78, 5) is 8.36. The van der Waals surface area contributed by atoms with Crippen LogP contribution in [0, 0.1) is 0 Å². The van der Waals surface area contributed by atoms with Crippen LogP contribution in [0.25, 0.3) is 0 Å². The third-order valence-electron chi connectivity index (χ3n) is 2.55. The summed E-state index contributed by atoms with van der Waals surface area (Å²) in [7, 11) is 3.55. The molecule has 0 aliphatic carbocycles. The molecule has 0 atom stereocenters. The molecule has 0 radical (unpaired) electrons. The van der Waals surface area contributed by atoms with Crippen LogP contribution in [0.4, 0.5) is 0 Å². The third kappa shape index (κ3) is 3.38. The second-order valence-electron chi connectivity index (χ2n) is 4.02. The minimum absolute atomic E-state index is 0.641. The molecule has 1 N–H and O–H groups in total. The Kier molecular flexibility index (Phi) is 4.43. The number of nitrogens with zero attached hydrogens (tertiary/aromatic N) is 5. The highest BCUT2D eigenvalue weighted by Crippen LogP contribution is 2.02. The van der Waals surface area contributed by atoms with Crippen molar-refractivity contribution in [1.82, 2.24) is 29.6 Å². The molecule has 0 bridgehead atoms. The van der Waals surface area contributed by atoms with E-state index in [2.05, 4.69) is 20.4 Å². The summed E-state index contributed by atoms with van der Waals surface area (Å²) in [6.07, 6.45) is 5.34. The van der Waals surface area contributed by atoms with E-state index in [4.69, 9.17) is 4.74 Å². The van der Waals surface area contributed by atoms with Gasteiger partial charge in [-0.25, -0.2) is 9.97 Å². The SMILES string of the molecule is COCCNCc1cncn1Cc1ncn(C)n1. The Morgan fingerprint density at radius 3 is 3.00 bits per heavy atom. The van der Waals surface area contributed by atoms with Crippen LogP contribution in [-0.4, -0.2) is 44.6 Å². The molecule has 2 heterocycles. The molecule has 0 spiro atoms. The number of hydrogen-bond donors (Lipinski definition) is 1. The zero-order chi connectivity index (χ0) is 12.8. The van der Waals surface area contributed by atoms with Gasteiger partial charge in [-0.15, -0.1) is 0 Å². The fraction of sp³-hybridized carbons (Fsp3) is 0.545. The van der Waals surface area contributed by atoms with E-state index in [1.807, 2.05) is 17.8 Å². The number of aromatic nitrogens is 5. The molecule has 7 nitrogen and oxygen atoms in total. The van der Waals surface area contributed by atoms with E-state index in [0.29, 0.717) is 13.2 Å². The molecule has 2 aromatic heterocycles. The lowest BCUT2D eigenvalue weighted by molar-refractivity contribution is 0.199. The van der Waals surface area contributed by atoms with Crippen LogP contribution in [0.5, 0.6) is 0 Å². The lowest BCUT2D eigenvalue weighted by atomic mass is 10.4. The van der Waals surface area contributed by atoms with E-state index in [9.17, 15) is 0 Å². The Labute approximate surface area is 106 Å². The molecule has 0 aromatic carbocycles. The summed E-state index contributed by atoms with van der Waals surface area (Å²) in [5, 5.41) is 7.54. The van der Waals surface area contributed by atoms with Crippen LogP contribution in [0.15, 0.2) is 18.9 Å². The Hall–Kier alpha value is -1.73. The predicted octanol–water partition coefficient (Wildman–Crippen LogP) is -0.204. The first-order valence-electron chi connectivity index (χ1n) is 5.83. The zero-order valence-corrected chi connectivity index (χ0v) is 10.7. The summed E-state index contributed by atoms with van der Waals surface area (Å²) in [5.74, 6) is 0.786. The number of methoxy groups -OCH3 is 1. The summed E-state index contributed by atoms with van der Waals surface area (Å²) < 4.78 is 8.72. The monoisotopic (exact) mass is 250 g/mol. The second kappa shape index (κ2) is 6.27. The quantitative estimate of drug-likeness (QED) is 0.689. The van der Waals surface area contributed by atoms with E-state index < -0.39 is 0 Å². The Balaban J connectivity index is 1.91. The first-order valence-corrected chi connectivity index (χ1v) is 5.83. The van der Waals surface area contributed by atoms with Gasteiger partial charge in [0, 0.05) is 33.4 Å². The van der Waals surface area contributed by atoms with Crippen molar-refractivity contribution in [2.24, 2.45) is 7.05 Å². The molecule has 0 unspecified atom stereocenters. The topological polar surface area (TPSA) is 69.8 Å². The average Bonchev–Trinajstić information content (AvgIpc) is 2.95. The van der Waals surface area contributed by atoms with E-state index in [0.717, 1.165) is 24.6 Å². The van der Waals surface area contributed by atoms with Gasteiger partial charge in [0.15, 0.2) is 5.82 Å². The lowest BCUT2D eigenvalue weighted by Crippen LogP contribution is -2.20. The molecule has 0 saturated carbocycles. The van der Waals surface area contributed by atoms with Crippen molar-refractivity contribution in [2.45, 2.75) is 13.1 Å². The van der Waals surface area contributed by atoms with Crippen molar-refractivity contribution >= 4 is 0 Å². The largest absolute Gasteiger partial charge is 0.383 e. The maximum Gasteiger partial charge on any atom is 0.170 e. The van der Waals surface area contributed by atoms with Crippen molar-refractivity contribution in [2.75, 3.05) is 20.3 Å². The van der Waals surface area contributed by atoms with Crippen LogP contribution in [0.3, 0.4) is 0 Å². The number of imidazole rings is 1. The maximum absolute atomic E-state index is 4.98. The molecule has 2 rings (SSSR count). The normalized spacial score (nSPS) is 11.0. The number of nitrogens with one attached hydrogen (secondary N) is 1. The minimum Gasteiger partial charge on any atom is -0.383 e. The molecule has 0 fully saturated rings. The number of ether oxygens (including phenoxy) is 1. The van der Waals surface area contributed by atoms with Crippen LogP contribution < -0.4 is 5.32 Å². The van der Waals surface area contributed by atoms with Crippen LogP contribution in [0.1, 0.15) is 11.5 Å². The van der Waals surface area contributed by atoms with Crippen molar-refractivity contribution in [1.29, 1.82) is 0 Å². The fourth-order valence-electron chi connectivity index (χ4n) is 1.64. The van der Waals surface area contributed by atoms with E-state index >= 15 is 0 Å². The van der Waals surface area contributed by atoms with E-state index in [-0.39, 0.29) is 0 Å². The van der Waals surface area contributed by atoms with Gasteiger partial charge in [-0.1, -0.05) is 0 Å². The van der Waals surface area contributed by atoms with Gasteiger partial charge in [0.05, 0.1) is 25.2 Å². The number of rotatable bonds is 7. The fourth-order valence-corrected chi connectivity index (χ4v) is 1.64. The van der Waals surface area contributed by atoms with Crippen LogP contribution in [0.2, 0.25) is 0 Å². The highest BCUT2D eigenvalue weighted by atomic mass is 16.5. The van der Waals surface area contributed by atoms with Crippen LogP contribution >= 0.6 is 0 Å². The third-order valence-corrected chi connectivity index (χ3v) is 2.55. The maximum atomic E-state index is 4.98. The standard InChI is InChI=1S/C11H18N6O/c1-16-9-14-11(15-16)7-17-8-13-6-10(17)5-12-3-4-18-2/h6,8-9,12H,3-5,7H2,1-2H3. The Morgan fingerprint density at radius 2 is 2.28 bits per heavy atom. The van der Waals surface area contributed by atoms with Gasteiger partial charge in [0.1, 0.15) is 6.33 Å². The molecule has 0 aliphatic heterocycles. The van der Waals surface area contributed by atoms with E-state index in [1.165, 1.54) is 0 Å². The molecular formula is C11H18N6O. The van der Waals surface area contributed by atoms with Gasteiger partial charge in [-0.3, -0.25) is 4.68 Å². The molecule has 7 heteroatoms. The van der Waals surface area contributed by atoms with Crippen molar-refractivity contribution in [3.8, 4) is 0 Å². The molecule has 18 heavy (non-hydrogen) atoms. The van der Waals surface area contributed by atoms with Gasteiger partial charge in [-0.2, -0.15) is 5.10 Å². The number of hydrogen-bond acceptors (Lipinski definition) is 5. The molecule has 0 amide bonds. The minimum atomic E-state index is 0.641. The molecule has 0 saturated heterocycles. The molecular weight excluding hydrogens is 232 g/mol. The van der Waals surface area contributed by atoms with Crippen molar-refractivity contribution in [3.05, 3.63) is 30.4 Å². The summed E-state index contributed by atoms with van der Waals surface area (Å²) in [6, 6.07) is 0. The van der Waals surface area contributed by atoms with Gasteiger partial charge in [0.25, 0.3) is 0 Å². The van der Waals surface area contributed by atoms with Crippen molar-refractivity contribution in [3.63, 3.8) is 0 Å². The smallest absolute Gasteiger partial charge is 0.170 e. The first-order chi connectivity index (χ1) is 8.79. The highest BCUT2D eigenvalue weighted by molar-refractivity contribution is 5.00. The highest BCUT2D eigenvalue weighted by Gasteiger charge is 2.05. The first kappa shape index (κ1) is 12.7. The summed E-state index contributed by atoms with van der Waals surface area (Å²) in [6.45, 7) is 2.93. The Bertz CT molecular complexity index is 477. The zero-order valence-electron chi connectivity index (χ0n) is 10.7. The average molecular weight is 250 g/mol. The Morgan fingerprint density at radius 1 is 1.39 bits per heavy atom. The van der Waals surface area contributed by atoms with E-state index in [1.54, 1.807) is 24.4 Å². The summed E-state index contributed by atoms with van der Waals surface area (Å²) in [5.41, 5.74) is 1.11.